The Bertz CT molecular complexity index is 1030. The van der Waals surface area contributed by atoms with Gasteiger partial charge >= 0.3 is 5.97 Å². The number of aromatic nitrogens is 1. The fourth-order valence-corrected chi connectivity index (χ4v) is 3.26. The minimum atomic E-state index is -4.21. The molecule has 0 unspecified atom stereocenters. The van der Waals surface area contributed by atoms with Crippen LogP contribution in [-0.2, 0) is 16.4 Å². The number of hydrogen-bond donors (Lipinski definition) is 3. The van der Waals surface area contributed by atoms with E-state index in [9.17, 15) is 18.3 Å². The van der Waals surface area contributed by atoms with Crippen LogP contribution in [0.1, 0.15) is 21.5 Å². The lowest BCUT2D eigenvalue weighted by atomic mass is 10.0. The van der Waals surface area contributed by atoms with Crippen LogP contribution in [0.5, 0.6) is 11.5 Å². The van der Waals surface area contributed by atoms with Gasteiger partial charge in [0.25, 0.3) is 0 Å². The van der Waals surface area contributed by atoms with Crippen molar-refractivity contribution in [3.63, 3.8) is 0 Å². The zero-order chi connectivity index (χ0) is 18.7. The van der Waals surface area contributed by atoms with Crippen molar-refractivity contribution < 1.29 is 23.1 Å². The molecule has 0 fully saturated rings. The molecule has 3 aromatic rings. The van der Waals surface area contributed by atoms with Crippen molar-refractivity contribution in [3.05, 3.63) is 77.6 Å². The third-order valence-electron chi connectivity index (χ3n) is 3.71. The van der Waals surface area contributed by atoms with Gasteiger partial charge < -0.3 is 14.8 Å². The third kappa shape index (κ3) is 3.93. The first-order chi connectivity index (χ1) is 12.3. The van der Waals surface area contributed by atoms with E-state index in [4.69, 9.17) is 9.88 Å². The van der Waals surface area contributed by atoms with Crippen LogP contribution in [-0.4, -0.2) is 24.5 Å². The summed E-state index contributed by atoms with van der Waals surface area (Å²) in [7, 11) is -4.21. The summed E-state index contributed by atoms with van der Waals surface area (Å²) in [5, 5.41) is 14.6. The molecule has 0 aliphatic rings. The Hall–Kier alpha value is -3.10. The van der Waals surface area contributed by atoms with Crippen LogP contribution in [0.3, 0.4) is 0 Å². The Labute approximate surface area is 150 Å². The molecule has 0 spiro atoms. The van der Waals surface area contributed by atoms with E-state index in [0.29, 0.717) is 11.3 Å². The monoisotopic (exact) mass is 372 g/mol. The molecule has 0 atom stereocenters. The number of rotatable bonds is 6. The molecule has 4 N–H and O–H groups in total. The van der Waals surface area contributed by atoms with Gasteiger partial charge in [0.15, 0.2) is 5.75 Å². The van der Waals surface area contributed by atoms with Crippen molar-refractivity contribution >= 4 is 16.0 Å². The fourth-order valence-electron chi connectivity index (χ4n) is 2.54. The largest absolute Gasteiger partial charge is 0.478 e. The minimum Gasteiger partial charge on any atom is -0.478 e. The average Bonchev–Trinajstić information content (AvgIpc) is 3.09. The molecule has 0 amide bonds. The lowest BCUT2D eigenvalue weighted by Gasteiger charge is -2.16. The second-order valence-electron chi connectivity index (χ2n) is 5.62. The van der Waals surface area contributed by atoms with E-state index < -0.39 is 16.0 Å². The molecule has 0 saturated carbocycles. The van der Waals surface area contributed by atoms with Crippen molar-refractivity contribution in [1.82, 2.24) is 4.98 Å². The molecule has 1 aromatic heterocycles. The standard InChI is InChI=1S/C18H16N2O5S/c19-26(23,24)16-10-14(18(21)22)9-13(8-12-6-7-20-11-12)17(16)25-15-4-2-1-3-5-15/h1-7,9-11,20H,8H2,(H,21,22)(H2,19,23,24). The van der Waals surface area contributed by atoms with Crippen LogP contribution in [0.25, 0.3) is 0 Å². The lowest BCUT2D eigenvalue weighted by molar-refractivity contribution is 0.0696. The van der Waals surface area contributed by atoms with Gasteiger partial charge in [-0.25, -0.2) is 18.4 Å². The summed E-state index contributed by atoms with van der Waals surface area (Å²) in [5.74, 6) is -0.822. The number of nitrogens with one attached hydrogen (secondary N) is 1. The Balaban J connectivity index is 2.20. The molecular formula is C18H16N2O5S. The van der Waals surface area contributed by atoms with E-state index in [1.165, 1.54) is 6.07 Å². The Morgan fingerprint density at radius 2 is 1.88 bits per heavy atom. The fraction of sp³-hybridized carbons (Fsp3) is 0.0556. The number of carboxylic acid groups (broad SMARTS) is 1. The summed E-state index contributed by atoms with van der Waals surface area (Å²) >= 11 is 0. The predicted octanol–water partition coefficient (Wildman–Crippen LogP) is 2.74. The zero-order valence-corrected chi connectivity index (χ0v) is 14.4. The smallest absolute Gasteiger partial charge is 0.335 e. The van der Waals surface area contributed by atoms with E-state index in [0.717, 1.165) is 11.6 Å². The Morgan fingerprint density at radius 3 is 2.46 bits per heavy atom. The van der Waals surface area contributed by atoms with Crippen molar-refractivity contribution in [1.29, 1.82) is 0 Å². The van der Waals surface area contributed by atoms with Crippen molar-refractivity contribution in [2.75, 3.05) is 0 Å². The molecule has 0 bridgehead atoms. The van der Waals surface area contributed by atoms with Gasteiger partial charge in [0.1, 0.15) is 10.6 Å². The van der Waals surface area contributed by atoms with Gasteiger partial charge in [-0.3, -0.25) is 0 Å². The number of aromatic carboxylic acids is 1. The highest BCUT2D eigenvalue weighted by Gasteiger charge is 2.23. The van der Waals surface area contributed by atoms with E-state index in [2.05, 4.69) is 4.98 Å². The van der Waals surface area contributed by atoms with Gasteiger partial charge in [-0.05, 0) is 35.9 Å². The van der Waals surface area contributed by atoms with Crippen LogP contribution in [0.15, 0.2) is 65.8 Å². The average molecular weight is 372 g/mol. The second kappa shape index (κ2) is 7.03. The van der Waals surface area contributed by atoms with E-state index in [1.807, 2.05) is 0 Å². The maximum Gasteiger partial charge on any atom is 0.335 e. The van der Waals surface area contributed by atoms with Gasteiger partial charge in [0.2, 0.25) is 10.0 Å². The summed E-state index contributed by atoms with van der Waals surface area (Å²) in [6.45, 7) is 0. The van der Waals surface area contributed by atoms with Gasteiger partial charge in [-0.1, -0.05) is 18.2 Å². The summed E-state index contributed by atoms with van der Waals surface area (Å²) in [6, 6.07) is 12.8. The van der Waals surface area contributed by atoms with Gasteiger partial charge in [0.05, 0.1) is 5.56 Å². The molecule has 3 rings (SSSR count). The summed E-state index contributed by atoms with van der Waals surface area (Å²) in [5.41, 5.74) is 1.06. The van der Waals surface area contributed by atoms with Crippen molar-refractivity contribution in [2.24, 2.45) is 5.14 Å². The van der Waals surface area contributed by atoms with Crippen LogP contribution < -0.4 is 9.88 Å². The third-order valence-corrected chi connectivity index (χ3v) is 4.62. The molecule has 26 heavy (non-hydrogen) atoms. The molecule has 134 valence electrons. The topological polar surface area (TPSA) is 122 Å². The van der Waals surface area contributed by atoms with Gasteiger partial charge in [-0.15, -0.1) is 0 Å². The van der Waals surface area contributed by atoms with Crippen LogP contribution in [0, 0.1) is 0 Å². The molecule has 0 aliphatic heterocycles. The number of hydrogen-bond acceptors (Lipinski definition) is 4. The number of carbonyl (C=O) groups is 1. The van der Waals surface area contributed by atoms with Crippen molar-refractivity contribution in [2.45, 2.75) is 11.3 Å². The molecule has 7 nitrogen and oxygen atoms in total. The maximum atomic E-state index is 12.1. The molecule has 0 saturated heterocycles. The highest BCUT2D eigenvalue weighted by atomic mass is 32.2. The van der Waals surface area contributed by atoms with E-state index in [-0.39, 0.29) is 22.6 Å². The summed E-state index contributed by atoms with van der Waals surface area (Å²) < 4.78 is 29.9. The number of primary sulfonamides is 1. The molecule has 0 aliphatic carbocycles. The Kier molecular flexibility index (Phi) is 4.79. The van der Waals surface area contributed by atoms with E-state index >= 15 is 0 Å². The van der Waals surface area contributed by atoms with Gasteiger partial charge in [-0.2, -0.15) is 0 Å². The SMILES string of the molecule is NS(=O)(=O)c1cc(C(=O)O)cc(Cc2cc[nH]c2)c1Oc1ccccc1. The molecule has 1 heterocycles. The number of aromatic amines is 1. The molecule has 0 radical (unpaired) electrons. The molecular weight excluding hydrogens is 356 g/mol. The summed E-state index contributed by atoms with van der Waals surface area (Å²) in [6.07, 6.45) is 3.72. The Morgan fingerprint density at radius 1 is 1.15 bits per heavy atom. The highest BCUT2D eigenvalue weighted by Crippen LogP contribution is 2.34. The highest BCUT2D eigenvalue weighted by molar-refractivity contribution is 7.89. The number of benzene rings is 2. The number of carboxylic acids is 1. The summed E-state index contributed by atoms with van der Waals surface area (Å²) in [4.78, 5) is 14.0. The number of ether oxygens (including phenoxy) is 1. The maximum absolute atomic E-state index is 12.1. The first-order valence-electron chi connectivity index (χ1n) is 7.62. The number of para-hydroxylation sites is 1. The van der Waals surface area contributed by atoms with Gasteiger partial charge in [0, 0.05) is 24.4 Å². The quantitative estimate of drug-likeness (QED) is 0.614. The first-order valence-corrected chi connectivity index (χ1v) is 9.17. The van der Waals surface area contributed by atoms with E-state index in [1.54, 1.807) is 48.8 Å². The lowest BCUT2D eigenvalue weighted by Crippen LogP contribution is -2.16. The van der Waals surface area contributed by atoms with Crippen LogP contribution in [0.2, 0.25) is 0 Å². The van der Waals surface area contributed by atoms with Crippen molar-refractivity contribution in [3.8, 4) is 11.5 Å². The molecule has 8 heteroatoms. The normalized spacial score (nSPS) is 11.3. The van der Waals surface area contributed by atoms with Crippen LogP contribution in [0.4, 0.5) is 0 Å². The second-order valence-corrected chi connectivity index (χ2v) is 7.15. The zero-order valence-electron chi connectivity index (χ0n) is 13.5. The van der Waals surface area contributed by atoms with Crippen LogP contribution >= 0.6 is 0 Å². The first kappa shape index (κ1) is 17.7. The number of H-pyrrole nitrogens is 1. The number of sulfonamides is 1. The molecule has 2 aromatic carbocycles. The minimum absolute atomic E-state index is 0.0184. The number of nitrogens with two attached hydrogens (primary N) is 1. The predicted molar refractivity (Wildman–Crippen MR) is 94.9 cm³/mol.